The first kappa shape index (κ1) is 25.6. The number of imidazole rings is 1. The Hall–Kier alpha value is -5.06. The maximum absolute atomic E-state index is 14.4. The lowest BCUT2D eigenvalue weighted by molar-refractivity contribution is -0.137. The van der Waals surface area contributed by atoms with Crippen LogP contribution in [0.5, 0.6) is 0 Å². The highest BCUT2D eigenvalue weighted by molar-refractivity contribution is 5.94. The molecule has 3 aromatic heterocycles. The molecule has 0 aliphatic rings. The van der Waals surface area contributed by atoms with Crippen molar-refractivity contribution >= 4 is 17.5 Å². The first-order valence-corrected chi connectivity index (χ1v) is 11.9. The van der Waals surface area contributed by atoms with Crippen molar-refractivity contribution in [2.24, 2.45) is 0 Å². The number of hydrogen-bond donors (Lipinski definition) is 2. The summed E-state index contributed by atoms with van der Waals surface area (Å²) in [6.45, 7) is 1.55. The molecular weight excluding hydrogens is 507 g/mol. The summed E-state index contributed by atoms with van der Waals surface area (Å²) in [5.41, 5.74) is 1.42. The number of anilines is 2. The van der Waals surface area contributed by atoms with Gasteiger partial charge in [-0.25, -0.2) is 15.0 Å². The van der Waals surface area contributed by atoms with E-state index in [-0.39, 0.29) is 29.4 Å². The monoisotopic (exact) mass is 529 g/mol. The maximum Gasteiger partial charge on any atom is 0.418 e. The fourth-order valence-corrected chi connectivity index (χ4v) is 3.98. The number of nitrogens with one attached hydrogen (secondary N) is 2. The minimum Gasteiger partial charge on any atom is -0.348 e. The van der Waals surface area contributed by atoms with Gasteiger partial charge in [-0.3, -0.25) is 9.78 Å². The van der Waals surface area contributed by atoms with E-state index in [0.29, 0.717) is 22.5 Å². The number of carbonyl (C=O) groups is 1. The number of rotatable bonds is 7. The van der Waals surface area contributed by atoms with Gasteiger partial charge in [-0.2, -0.15) is 13.2 Å². The van der Waals surface area contributed by atoms with E-state index < -0.39 is 17.6 Å². The highest BCUT2D eigenvalue weighted by Gasteiger charge is 2.36. The summed E-state index contributed by atoms with van der Waals surface area (Å²) < 4.78 is 44.8. The molecule has 5 aromatic rings. The Morgan fingerprint density at radius 1 is 1.00 bits per heavy atom. The van der Waals surface area contributed by atoms with Crippen LogP contribution in [0.4, 0.5) is 24.8 Å². The fourth-order valence-electron chi connectivity index (χ4n) is 3.98. The Morgan fingerprint density at radius 3 is 2.51 bits per heavy atom. The van der Waals surface area contributed by atoms with E-state index >= 15 is 0 Å². The molecule has 0 aliphatic carbocycles. The third kappa shape index (κ3) is 5.93. The summed E-state index contributed by atoms with van der Waals surface area (Å²) in [6.07, 6.45) is 2.98. The molecule has 2 aromatic carbocycles. The molecule has 0 radical (unpaired) electrons. The number of benzene rings is 2. The van der Waals surface area contributed by atoms with Gasteiger partial charge in [0, 0.05) is 48.1 Å². The molecule has 0 fully saturated rings. The molecule has 2 N–H and O–H groups in total. The lowest BCUT2D eigenvalue weighted by atomic mass is 10.0. The van der Waals surface area contributed by atoms with Crippen LogP contribution < -0.4 is 10.6 Å². The molecular formula is C28H22F3N7O. The third-order valence-corrected chi connectivity index (χ3v) is 5.85. The van der Waals surface area contributed by atoms with Gasteiger partial charge in [0.25, 0.3) is 5.91 Å². The van der Waals surface area contributed by atoms with Gasteiger partial charge in [-0.05, 0) is 55.0 Å². The second kappa shape index (κ2) is 10.7. The van der Waals surface area contributed by atoms with E-state index in [1.165, 1.54) is 17.1 Å². The van der Waals surface area contributed by atoms with Crippen LogP contribution in [0, 0.1) is 6.92 Å². The standard InChI is InChI=1S/C28H22F3N7O/c1-18-16-38(17-35-18)22-12-21(15-34-26(39)19-6-3-2-4-7-19)25(23(13-22)28(29,30)31)37-27-33-11-9-24(36-27)20-8-5-10-32-14-20/h2-14,16-17H,15H2,1H3,(H,34,39)(H,33,36,37). The lowest BCUT2D eigenvalue weighted by Crippen LogP contribution is -2.24. The second-order valence-corrected chi connectivity index (χ2v) is 8.63. The molecule has 0 spiro atoms. The van der Waals surface area contributed by atoms with Crippen LogP contribution in [0.15, 0.2) is 91.8 Å². The topological polar surface area (TPSA) is 97.6 Å². The molecule has 0 saturated heterocycles. The van der Waals surface area contributed by atoms with Crippen molar-refractivity contribution in [2.75, 3.05) is 5.32 Å². The van der Waals surface area contributed by atoms with Gasteiger partial charge < -0.3 is 15.2 Å². The summed E-state index contributed by atoms with van der Waals surface area (Å²) in [6, 6.07) is 16.2. The van der Waals surface area contributed by atoms with Gasteiger partial charge in [0.2, 0.25) is 5.95 Å². The molecule has 3 heterocycles. The van der Waals surface area contributed by atoms with Crippen LogP contribution in [-0.4, -0.2) is 30.4 Å². The van der Waals surface area contributed by atoms with Crippen LogP contribution >= 0.6 is 0 Å². The smallest absolute Gasteiger partial charge is 0.348 e. The molecule has 1 amide bonds. The Balaban J connectivity index is 1.58. The minimum absolute atomic E-state index is 0.0382. The Labute approximate surface area is 221 Å². The number of halogens is 3. The molecule has 0 aliphatic heterocycles. The Kier molecular flexibility index (Phi) is 7.04. The number of hydrogen-bond acceptors (Lipinski definition) is 6. The van der Waals surface area contributed by atoms with Crippen molar-refractivity contribution in [3.63, 3.8) is 0 Å². The molecule has 11 heteroatoms. The van der Waals surface area contributed by atoms with Crippen molar-refractivity contribution in [1.82, 2.24) is 29.8 Å². The molecule has 0 saturated carbocycles. The SMILES string of the molecule is Cc1cn(-c2cc(CNC(=O)c3ccccc3)c(Nc3nccc(-c4cccnc4)n3)c(C(F)(F)F)c2)cn1. The predicted molar refractivity (Wildman–Crippen MR) is 139 cm³/mol. The van der Waals surface area contributed by atoms with Crippen LogP contribution in [0.2, 0.25) is 0 Å². The molecule has 0 bridgehead atoms. The third-order valence-electron chi connectivity index (χ3n) is 5.85. The van der Waals surface area contributed by atoms with Crippen LogP contribution in [-0.2, 0) is 12.7 Å². The molecule has 39 heavy (non-hydrogen) atoms. The maximum atomic E-state index is 14.4. The summed E-state index contributed by atoms with van der Waals surface area (Å²) in [5, 5.41) is 5.49. The largest absolute Gasteiger partial charge is 0.418 e. The Bertz CT molecular complexity index is 1600. The first-order valence-electron chi connectivity index (χ1n) is 11.9. The van der Waals surface area contributed by atoms with Gasteiger partial charge in [0.15, 0.2) is 0 Å². The highest BCUT2D eigenvalue weighted by Crippen LogP contribution is 2.39. The summed E-state index contributed by atoms with van der Waals surface area (Å²) in [4.78, 5) is 29.5. The average molecular weight is 530 g/mol. The van der Waals surface area contributed by atoms with Gasteiger partial charge in [-0.15, -0.1) is 0 Å². The van der Waals surface area contributed by atoms with Crippen molar-refractivity contribution < 1.29 is 18.0 Å². The van der Waals surface area contributed by atoms with E-state index in [9.17, 15) is 18.0 Å². The van der Waals surface area contributed by atoms with E-state index in [4.69, 9.17) is 0 Å². The first-order chi connectivity index (χ1) is 18.8. The normalized spacial score (nSPS) is 11.3. The zero-order valence-electron chi connectivity index (χ0n) is 20.6. The summed E-state index contributed by atoms with van der Waals surface area (Å²) in [5.74, 6) is -0.461. The summed E-state index contributed by atoms with van der Waals surface area (Å²) >= 11 is 0. The molecule has 5 rings (SSSR count). The van der Waals surface area contributed by atoms with Gasteiger partial charge in [0.05, 0.1) is 29.0 Å². The van der Waals surface area contributed by atoms with Crippen molar-refractivity contribution in [1.29, 1.82) is 0 Å². The van der Waals surface area contributed by atoms with Crippen molar-refractivity contribution in [2.45, 2.75) is 19.6 Å². The van der Waals surface area contributed by atoms with Gasteiger partial charge in [-0.1, -0.05) is 18.2 Å². The number of nitrogens with zero attached hydrogens (tertiary/aromatic N) is 5. The number of aromatic nitrogens is 5. The molecule has 0 unspecified atom stereocenters. The quantitative estimate of drug-likeness (QED) is 0.280. The number of alkyl halides is 3. The van der Waals surface area contributed by atoms with E-state index in [0.717, 1.165) is 6.07 Å². The minimum atomic E-state index is -4.73. The lowest BCUT2D eigenvalue weighted by Gasteiger charge is -2.20. The number of carbonyl (C=O) groups excluding carboxylic acids is 1. The Morgan fingerprint density at radius 2 is 1.82 bits per heavy atom. The van der Waals surface area contributed by atoms with E-state index in [2.05, 4.69) is 30.6 Å². The van der Waals surface area contributed by atoms with Crippen LogP contribution in [0.25, 0.3) is 16.9 Å². The highest BCUT2D eigenvalue weighted by atomic mass is 19.4. The molecule has 196 valence electrons. The zero-order valence-corrected chi connectivity index (χ0v) is 20.6. The predicted octanol–water partition coefficient (Wildman–Crippen LogP) is 5.73. The average Bonchev–Trinajstić information content (AvgIpc) is 3.39. The van der Waals surface area contributed by atoms with Gasteiger partial charge >= 0.3 is 6.18 Å². The second-order valence-electron chi connectivity index (χ2n) is 8.63. The van der Waals surface area contributed by atoms with Crippen LogP contribution in [0.3, 0.4) is 0 Å². The molecule has 0 atom stereocenters. The van der Waals surface area contributed by atoms with Crippen molar-refractivity contribution in [3.8, 4) is 16.9 Å². The van der Waals surface area contributed by atoms with E-state index in [1.54, 1.807) is 80.1 Å². The zero-order chi connectivity index (χ0) is 27.4. The number of aryl methyl sites for hydroxylation is 1. The number of amides is 1. The van der Waals surface area contributed by atoms with Gasteiger partial charge in [0.1, 0.15) is 0 Å². The van der Waals surface area contributed by atoms with Crippen LogP contribution in [0.1, 0.15) is 27.2 Å². The van der Waals surface area contributed by atoms with E-state index in [1.807, 2.05) is 0 Å². The van der Waals surface area contributed by atoms with Crippen molar-refractivity contribution in [3.05, 3.63) is 114 Å². The number of pyridine rings is 1. The summed E-state index contributed by atoms with van der Waals surface area (Å²) in [7, 11) is 0. The fraction of sp³-hybridized carbons (Fsp3) is 0.107. The molecule has 8 nitrogen and oxygen atoms in total.